The van der Waals surface area contributed by atoms with Crippen LogP contribution in [0.25, 0.3) is 4.85 Å². The van der Waals surface area contributed by atoms with Crippen LogP contribution in [0, 0.1) is 6.57 Å². The lowest BCUT2D eigenvalue weighted by atomic mass is 9.69. The number of alkyl halides is 2. The van der Waals surface area contributed by atoms with E-state index in [1.54, 1.807) is 18.2 Å². The number of halogens is 2. The Kier molecular flexibility index (Phi) is 6.82. The fourth-order valence-electron chi connectivity index (χ4n) is 4.32. The van der Waals surface area contributed by atoms with Gasteiger partial charge in [0.15, 0.2) is 11.9 Å². The fourth-order valence-corrected chi connectivity index (χ4v) is 5.14. The molecule has 0 bridgehead atoms. The molecule has 3 aromatic rings. The highest BCUT2D eigenvalue weighted by Gasteiger charge is 2.91. The number of hydrogen-bond acceptors (Lipinski definition) is 7. The third-order valence-corrected chi connectivity index (χ3v) is 7.27. The first kappa shape index (κ1) is 26.6. The molecular weight excluding hydrogens is 521 g/mol. The molecule has 1 aliphatic heterocycles. The first-order valence-electron chi connectivity index (χ1n) is 10.9. The van der Waals surface area contributed by atoms with Gasteiger partial charge in [0.1, 0.15) is 0 Å². The molecule has 8 nitrogen and oxygen atoms in total. The second kappa shape index (κ2) is 9.47. The zero-order chi connectivity index (χ0) is 27.1. The van der Waals surface area contributed by atoms with Crippen molar-refractivity contribution < 1.29 is 34.4 Å². The number of benzene rings is 3. The summed E-state index contributed by atoms with van der Waals surface area (Å²) in [5, 5.41) is 28.7. The van der Waals surface area contributed by atoms with E-state index < -0.39 is 44.9 Å². The number of carbonyl (C=O) groups is 3. The van der Waals surface area contributed by atoms with Gasteiger partial charge < -0.3 is 15.3 Å². The van der Waals surface area contributed by atoms with Crippen molar-refractivity contribution in [2.45, 2.75) is 27.6 Å². The summed E-state index contributed by atoms with van der Waals surface area (Å²) in [6, 6.07) is 21.0. The molecule has 0 spiro atoms. The lowest BCUT2D eigenvalue weighted by Gasteiger charge is -2.40. The number of Topliss-reactive ketones (excluding diaryl/α,β-unsaturated/α-hetero) is 3. The topological polar surface area (TPSA) is 125 Å². The van der Waals surface area contributed by atoms with E-state index in [0.29, 0.717) is 0 Å². The van der Waals surface area contributed by atoms with Crippen LogP contribution in [0.5, 0.6) is 0 Å². The summed E-state index contributed by atoms with van der Waals surface area (Å²) in [5.74, 6) is -3.94. The number of nitrogens with zero attached hydrogens (tertiary/aromatic N) is 1. The Hall–Kier alpha value is -3.42. The van der Waals surface area contributed by atoms with Crippen LogP contribution in [0.2, 0.25) is 0 Å². The summed E-state index contributed by atoms with van der Waals surface area (Å²) in [6.07, 6.45) is -2.58. The Morgan fingerprint density at radius 2 is 1.11 bits per heavy atom. The van der Waals surface area contributed by atoms with E-state index in [4.69, 9.17) is 34.5 Å². The van der Waals surface area contributed by atoms with Gasteiger partial charge in [0.2, 0.25) is 22.2 Å². The molecular formula is C27H19Cl2NO7. The third kappa shape index (κ3) is 3.71. The Labute approximate surface area is 221 Å². The van der Waals surface area contributed by atoms with Crippen LogP contribution in [-0.4, -0.2) is 60.2 Å². The van der Waals surface area contributed by atoms with E-state index in [1.807, 2.05) is 0 Å². The van der Waals surface area contributed by atoms with Crippen LogP contribution < -0.4 is 0 Å². The SMILES string of the molecule is [C-]#[N+][C@]1(Cl)O[C@](Cl)(C(O)C(=O)c2ccccc2)[C@](O)(C(=O)c2ccccc2)[C@]1(O)C(=O)c1ccccc1. The average molecular weight is 540 g/mol. The minimum absolute atomic E-state index is 0.0963. The van der Waals surface area contributed by atoms with Gasteiger partial charge in [-0.3, -0.25) is 24.0 Å². The molecule has 37 heavy (non-hydrogen) atoms. The molecule has 10 heteroatoms. The number of aliphatic hydroxyl groups is 3. The Morgan fingerprint density at radius 3 is 1.51 bits per heavy atom. The predicted molar refractivity (Wildman–Crippen MR) is 133 cm³/mol. The zero-order valence-electron chi connectivity index (χ0n) is 18.9. The maximum atomic E-state index is 13.9. The largest absolute Gasteiger partial charge is 0.459 e. The van der Waals surface area contributed by atoms with Crippen molar-refractivity contribution in [3.8, 4) is 0 Å². The molecule has 4 rings (SSSR count). The van der Waals surface area contributed by atoms with Gasteiger partial charge in [-0.1, -0.05) is 103 Å². The maximum absolute atomic E-state index is 13.9. The minimum atomic E-state index is -3.65. The molecule has 1 fully saturated rings. The van der Waals surface area contributed by atoms with Crippen molar-refractivity contribution in [2.24, 2.45) is 0 Å². The van der Waals surface area contributed by atoms with Crippen molar-refractivity contribution >= 4 is 40.6 Å². The summed E-state index contributed by atoms with van der Waals surface area (Å²) in [6.45, 7) is 7.63. The molecule has 188 valence electrons. The first-order chi connectivity index (χ1) is 17.5. The molecule has 0 radical (unpaired) electrons. The van der Waals surface area contributed by atoms with Gasteiger partial charge in [-0.15, -0.1) is 0 Å². The molecule has 0 amide bonds. The number of aliphatic hydroxyl groups excluding tert-OH is 1. The van der Waals surface area contributed by atoms with Crippen LogP contribution in [0.4, 0.5) is 0 Å². The van der Waals surface area contributed by atoms with Crippen molar-refractivity contribution in [1.29, 1.82) is 0 Å². The maximum Gasteiger partial charge on any atom is 0.459 e. The number of hydrogen-bond donors (Lipinski definition) is 3. The molecule has 5 atom stereocenters. The first-order valence-corrected chi connectivity index (χ1v) is 11.6. The average Bonchev–Trinajstić information content (AvgIpc) is 3.09. The van der Waals surface area contributed by atoms with Crippen molar-refractivity contribution in [2.75, 3.05) is 0 Å². The molecule has 0 aliphatic carbocycles. The number of rotatable bonds is 7. The number of ketones is 3. The van der Waals surface area contributed by atoms with Gasteiger partial charge in [0.25, 0.3) is 5.60 Å². The van der Waals surface area contributed by atoms with E-state index in [2.05, 4.69) is 4.85 Å². The third-order valence-electron chi connectivity index (χ3n) is 6.28. The van der Waals surface area contributed by atoms with Crippen LogP contribution in [0.1, 0.15) is 31.1 Å². The molecule has 0 aromatic heterocycles. The second-order valence-electron chi connectivity index (χ2n) is 8.36. The van der Waals surface area contributed by atoms with E-state index in [9.17, 15) is 29.7 Å². The summed E-state index contributed by atoms with van der Waals surface area (Å²) in [5.41, 5.74) is -7.88. The summed E-state index contributed by atoms with van der Waals surface area (Å²) < 4.78 is 5.37. The van der Waals surface area contributed by atoms with Gasteiger partial charge in [0, 0.05) is 28.3 Å². The van der Waals surface area contributed by atoms with Gasteiger partial charge in [-0.05, 0) is 0 Å². The summed E-state index contributed by atoms with van der Waals surface area (Å²) in [7, 11) is 0. The van der Waals surface area contributed by atoms with Crippen LogP contribution in [0.3, 0.4) is 0 Å². The minimum Gasteiger partial charge on any atom is -0.380 e. The van der Waals surface area contributed by atoms with Gasteiger partial charge >= 0.3 is 5.18 Å². The number of carbonyl (C=O) groups excluding carboxylic acids is 3. The second-order valence-corrected chi connectivity index (χ2v) is 9.44. The van der Waals surface area contributed by atoms with Crippen molar-refractivity contribution in [1.82, 2.24) is 0 Å². The normalized spacial score (nSPS) is 29.7. The van der Waals surface area contributed by atoms with E-state index in [-0.39, 0.29) is 16.7 Å². The van der Waals surface area contributed by atoms with E-state index >= 15 is 0 Å². The molecule has 0 saturated carbocycles. The lowest BCUT2D eigenvalue weighted by molar-refractivity contribution is -0.123. The van der Waals surface area contributed by atoms with Gasteiger partial charge in [-0.2, -0.15) is 0 Å². The molecule has 3 aromatic carbocycles. The quantitative estimate of drug-likeness (QED) is 0.182. The van der Waals surface area contributed by atoms with Crippen LogP contribution >= 0.6 is 23.2 Å². The van der Waals surface area contributed by atoms with Crippen molar-refractivity contribution in [3.63, 3.8) is 0 Å². The van der Waals surface area contributed by atoms with E-state index in [1.165, 1.54) is 72.8 Å². The smallest absolute Gasteiger partial charge is 0.380 e. The Morgan fingerprint density at radius 1 is 0.730 bits per heavy atom. The van der Waals surface area contributed by atoms with Gasteiger partial charge in [0.05, 0.1) is 0 Å². The van der Waals surface area contributed by atoms with E-state index in [0.717, 1.165) is 0 Å². The monoisotopic (exact) mass is 539 g/mol. The lowest BCUT2D eigenvalue weighted by Crippen LogP contribution is -2.73. The Bertz CT molecular complexity index is 1400. The highest BCUT2D eigenvalue weighted by Crippen LogP contribution is 2.60. The van der Waals surface area contributed by atoms with Crippen molar-refractivity contribution in [3.05, 3.63) is 119 Å². The zero-order valence-corrected chi connectivity index (χ0v) is 20.4. The van der Waals surface area contributed by atoms with Crippen LogP contribution in [-0.2, 0) is 4.74 Å². The highest BCUT2D eigenvalue weighted by atomic mass is 35.5. The van der Waals surface area contributed by atoms with Crippen LogP contribution in [0.15, 0.2) is 91.0 Å². The number of ether oxygens (including phenoxy) is 1. The molecule has 1 aliphatic rings. The van der Waals surface area contributed by atoms with Gasteiger partial charge in [-0.25, -0.2) is 6.57 Å². The highest BCUT2D eigenvalue weighted by molar-refractivity contribution is 6.36. The molecule has 3 N–H and O–H groups in total. The predicted octanol–water partition coefficient (Wildman–Crippen LogP) is 3.24. The summed E-state index contributed by atoms with van der Waals surface area (Å²) in [4.78, 5) is 43.9. The molecule has 1 saturated heterocycles. The molecule has 1 unspecified atom stereocenters. The molecule has 1 heterocycles. The fraction of sp³-hybridized carbons (Fsp3) is 0.185. The standard InChI is InChI=1S/C27H19Cl2NO7/c1-30-27(29)25(36,22(33)19-15-9-4-10-16-19)24(35,21(32)18-13-7-3-8-14-18)26(28,37-27)23(34)20(31)17-11-5-2-6-12-17/h2-16,23,34-36H/t23?,24-,25+,26+,27-/m0/s1. The summed E-state index contributed by atoms with van der Waals surface area (Å²) >= 11 is 12.9. The Balaban J connectivity index is 2.01.